The molecule has 6 heteroatoms. The van der Waals surface area contributed by atoms with Crippen molar-refractivity contribution in [3.63, 3.8) is 0 Å². The van der Waals surface area contributed by atoms with E-state index in [0.29, 0.717) is 6.10 Å². The molecule has 0 bridgehead atoms. The van der Waals surface area contributed by atoms with Crippen molar-refractivity contribution < 1.29 is 4.74 Å². The van der Waals surface area contributed by atoms with E-state index in [9.17, 15) is 0 Å². The van der Waals surface area contributed by atoms with Crippen molar-refractivity contribution in [1.29, 1.82) is 0 Å². The fraction of sp³-hybridized carbons (Fsp3) is 0.600. The van der Waals surface area contributed by atoms with Crippen molar-refractivity contribution in [2.75, 3.05) is 13.2 Å². The van der Waals surface area contributed by atoms with Crippen molar-refractivity contribution in [3.05, 3.63) is 34.0 Å². The van der Waals surface area contributed by atoms with Gasteiger partial charge < -0.3 is 4.74 Å². The van der Waals surface area contributed by atoms with E-state index in [0.717, 1.165) is 50.7 Å². The summed E-state index contributed by atoms with van der Waals surface area (Å²) in [6.45, 7) is 5.66. The van der Waals surface area contributed by atoms with E-state index in [-0.39, 0.29) is 0 Å². The number of aromatic amines is 1. The van der Waals surface area contributed by atoms with Gasteiger partial charge in [0.1, 0.15) is 11.6 Å². The molecule has 1 saturated heterocycles. The van der Waals surface area contributed by atoms with Gasteiger partial charge in [-0.3, -0.25) is 10.00 Å². The Hall–Kier alpha value is -1.24. The monoisotopic (exact) mass is 306 g/mol. The number of nitrogens with one attached hydrogen (secondary N) is 1. The lowest BCUT2D eigenvalue weighted by Crippen LogP contribution is -2.31. The Morgan fingerprint density at radius 1 is 1.48 bits per heavy atom. The summed E-state index contributed by atoms with van der Waals surface area (Å²) in [5.74, 6) is 1.83. The molecule has 2 aromatic rings. The van der Waals surface area contributed by atoms with Crippen LogP contribution in [0.2, 0.25) is 0 Å². The molecule has 1 aliphatic rings. The predicted octanol–water partition coefficient (Wildman–Crippen LogP) is 2.61. The normalized spacial score (nSPS) is 18.7. The van der Waals surface area contributed by atoms with Gasteiger partial charge in [0.05, 0.1) is 12.6 Å². The zero-order valence-corrected chi connectivity index (χ0v) is 13.2. The highest BCUT2D eigenvalue weighted by molar-refractivity contribution is 7.07. The van der Waals surface area contributed by atoms with Crippen molar-refractivity contribution in [2.45, 2.75) is 45.4 Å². The minimum absolute atomic E-state index is 0.359. The smallest absolute Gasteiger partial charge is 0.150 e. The van der Waals surface area contributed by atoms with Gasteiger partial charge in [0.25, 0.3) is 0 Å². The number of aromatic nitrogens is 3. The van der Waals surface area contributed by atoms with E-state index < -0.39 is 0 Å². The van der Waals surface area contributed by atoms with Gasteiger partial charge in [0.2, 0.25) is 0 Å². The van der Waals surface area contributed by atoms with Crippen LogP contribution >= 0.6 is 11.3 Å². The van der Waals surface area contributed by atoms with Crippen LogP contribution in [-0.2, 0) is 24.2 Å². The molecule has 0 amide bonds. The standard InChI is InChI=1S/C15H22N4OS/c1-2-14-16-15(18-17-14)10-19(8-12-5-7-21-11-12)9-13-4-3-6-20-13/h5,7,11,13H,2-4,6,8-10H2,1H3,(H,16,17,18)/t13-/m0/s1. The first-order valence-corrected chi connectivity index (χ1v) is 8.53. The lowest BCUT2D eigenvalue weighted by molar-refractivity contribution is 0.0671. The van der Waals surface area contributed by atoms with Crippen LogP contribution in [0.1, 0.15) is 37.0 Å². The molecule has 0 aromatic carbocycles. The molecule has 3 rings (SSSR count). The molecule has 3 heterocycles. The van der Waals surface area contributed by atoms with Crippen LogP contribution in [-0.4, -0.2) is 39.3 Å². The summed E-state index contributed by atoms with van der Waals surface area (Å²) in [6.07, 6.45) is 3.57. The number of hydrogen-bond acceptors (Lipinski definition) is 5. The molecule has 0 spiro atoms. The molecule has 114 valence electrons. The van der Waals surface area contributed by atoms with Gasteiger partial charge in [0.15, 0.2) is 0 Å². The van der Waals surface area contributed by atoms with E-state index in [1.54, 1.807) is 11.3 Å². The van der Waals surface area contributed by atoms with Crippen LogP contribution < -0.4 is 0 Å². The third-order valence-electron chi connectivity index (χ3n) is 3.74. The van der Waals surface area contributed by atoms with E-state index in [2.05, 4.69) is 43.8 Å². The largest absolute Gasteiger partial charge is 0.377 e. The topological polar surface area (TPSA) is 54.0 Å². The van der Waals surface area contributed by atoms with Crippen molar-refractivity contribution in [2.24, 2.45) is 0 Å². The van der Waals surface area contributed by atoms with Gasteiger partial charge in [-0.05, 0) is 35.2 Å². The second-order valence-electron chi connectivity index (χ2n) is 5.49. The number of ether oxygens (including phenoxy) is 1. The molecule has 1 fully saturated rings. The van der Waals surface area contributed by atoms with Crippen LogP contribution in [0.3, 0.4) is 0 Å². The molecule has 0 unspecified atom stereocenters. The predicted molar refractivity (Wildman–Crippen MR) is 83.2 cm³/mol. The molecule has 0 aliphatic carbocycles. The van der Waals surface area contributed by atoms with Crippen molar-refractivity contribution in [3.8, 4) is 0 Å². The highest BCUT2D eigenvalue weighted by atomic mass is 32.1. The fourth-order valence-corrected chi connectivity index (χ4v) is 3.34. The Bertz CT molecular complexity index is 534. The third kappa shape index (κ3) is 4.12. The zero-order chi connectivity index (χ0) is 14.5. The minimum Gasteiger partial charge on any atom is -0.377 e. The summed E-state index contributed by atoms with van der Waals surface area (Å²) in [4.78, 5) is 6.93. The number of nitrogens with zero attached hydrogens (tertiary/aromatic N) is 3. The Labute approximate surface area is 129 Å². The minimum atomic E-state index is 0.359. The average molecular weight is 306 g/mol. The molecule has 0 radical (unpaired) electrons. The van der Waals surface area contributed by atoms with E-state index in [1.807, 2.05) is 0 Å². The Balaban J connectivity index is 1.64. The van der Waals surface area contributed by atoms with Crippen molar-refractivity contribution >= 4 is 11.3 Å². The van der Waals surface area contributed by atoms with Gasteiger partial charge in [-0.15, -0.1) is 0 Å². The molecule has 2 aromatic heterocycles. The lowest BCUT2D eigenvalue weighted by Gasteiger charge is -2.23. The summed E-state index contributed by atoms with van der Waals surface area (Å²) < 4.78 is 5.78. The van der Waals surface area contributed by atoms with E-state index in [1.165, 1.54) is 12.0 Å². The van der Waals surface area contributed by atoms with Gasteiger partial charge in [-0.1, -0.05) is 6.92 Å². The molecule has 1 aliphatic heterocycles. The second-order valence-corrected chi connectivity index (χ2v) is 6.27. The molecule has 21 heavy (non-hydrogen) atoms. The summed E-state index contributed by atoms with van der Waals surface area (Å²) in [5.41, 5.74) is 1.35. The Kier molecular flexibility index (Phi) is 5.00. The van der Waals surface area contributed by atoms with Crippen LogP contribution in [0, 0.1) is 0 Å². The number of H-pyrrole nitrogens is 1. The maximum absolute atomic E-state index is 5.78. The average Bonchev–Trinajstić information content (AvgIpc) is 3.20. The lowest BCUT2D eigenvalue weighted by atomic mass is 10.2. The summed E-state index contributed by atoms with van der Waals surface area (Å²) in [6, 6.07) is 2.19. The fourth-order valence-electron chi connectivity index (χ4n) is 2.68. The first-order chi connectivity index (χ1) is 10.3. The van der Waals surface area contributed by atoms with E-state index >= 15 is 0 Å². The Morgan fingerprint density at radius 3 is 3.10 bits per heavy atom. The van der Waals surface area contributed by atoms with Crippen LogP contribution in [0.15, 0.2) is 16.8 Å². The molecule has 1 N–H and O–H groups in total. The number of rotatable bonds is 7. The number of thiophene rings is 1. The SMILES string of the molecule is CCc1n[nH]c(CN(Cc2ccsc2)C[C@@H]2CCCO2)n1. The molecular formula is C15H22N4OS. The van der Waals surface area contributed by atoms with Gasteiger partial charge in [-0.25, -0.2) is 4.98 Å². The summed E-state index contributed by atoms with van der Waals surface area (Å²) in [5, 5.41) is 11.6. The van der Waals surface area contributed by atoms with Gasteiger partial charge in [0, 0.05) is 26.1 Å². The van der Waals surface area contributed by atoms with Crippen LogP contribution in [0.5, 0.6) is 0 Å². The number of aryl methyl sites for hydroxylation is 1. The molecular weight excluding hydrogens is 284 g/mol. The summed E-state index contributed by atoms with van der Waals surface area (Å²) >= 11 is 1.74. The van der Waals surface area contributed by atoms with Gasteiger partial charge in [-0.2, -0.15) is 16.4 Å². The van der Waals surface area contributed by atoms with Crippen LogP contribution in [0.25, 0.3) is 0 Å². The molecule has 1 atom stereocenters. The first-order valence-electron chi connectivity index (χ1n) is 7.58. The van der Waals surface area contributed by atoms with Crippen molar-refractivity contribution in [1.82, 2.24) is 20.1 Å². The zero-order valence-electron chi connectivity index (χ0n) is 12.4. The van der Waals surface area contributed by atoms with E-state index in [4.69, 9.17) is 4.74 Å². The molecule has 5 nitrogen and oxygen atoms in total. The summed E-state index contributed by atoms with van der Waals surface area (Å²) in [7, 11) is 0. The maximum atomic E-state index is 5.78. The maximum Gasteiger partial charge on any atom is 0.150 e. The highest BCUT2D eigenvalue weighted by Gasteiger charge is 2.20. The van der Waals surface area contributed by atoms with Crippen LogP contribution in [0.4, 0.5) is 0 Å². The first kappa shape index (κ1) is 14.7. The highest BCUT2D eigenvalue weighted by Crippen LogP contribution is 2.17. The number of hydrogen-bond donors (Lipinski definition) is 1. The quantitative estimate of drug-likeness (QED) is 0.854. The Morgan fingerprint density at radius 2 is 2.43 bits per heavy atom. The second kappa shape index (κ2) is 7.15. The van der Waals surface area contributed by atoms with Gasteiger partial charge >= 0.3 is 0 Å². The molecule has 0 saturated carbocycles. The third-order valence-corrected chi connectivity index (χ3v) is 4.47.